The maximum atomic E-state index is 9.44. The summed E-state index contributed by atoms with van der Waals surface area (Å²) in [5.41, 5.74) is 0. The van der Waals surface area contributed by atoms with Gasteiger partial charge in [0.05, 0.1) is 12.4 Å². The van der Waals surface area contributed by atoms with Gasteiger partial charge >= 0.3 is 0 Å². The zero-order chi connectivity index (χ0) is 9.52. The molecule has 1 rings (SSSR count). The molecule has 1 unspecified atom stereocenters. The van der Waals surface area contributed by atoms with Crippen LogP contribution in [0.2, 0.25) is 0 Å². The number of furan rings is 1. The van der Waals surface area contributed by atoms with Crippen molar-refractivity contribution in [1.82, 2.24) is 0 Å². The third kappa shape index (κ3) is 3.82. The Balaban J connectivity index is 2.16. The van der Waals surface area contributed by atoms with Crippen molar-refractivity contribution < 1.29 is 9.52 Å². The molecule has 1 atom stereocenters. The van der Waals surface area contributed by atoms with E-state index in [2.05, 4.69) is 5.92 Å². The highest BCUT2D eigenvalue weighted by Gasteiger charge is 2.04. The second-order valence-electron chi connectivity index (χ2n) is 3.01. The van der Waals surface area contributed by atoms with Gasteiger partial charge in [0, 0.05) is 12.8 Å². The van der Waals surface area contributed by atoms with E-state index in [1.54, 1.807) is 6.26 Å². The topological polar surface area (TPSA) is 33.4 Å². The highest BCUT2D eigenvalue weighted by Crippen LogP contribution is 2.08. The molecule has 1 N–H and O–H groups in total. The lowest BCUT2D eigenvalue weighted by atomic mass is 10.1. The van der Waals surface area contributed by atoms with E-state index in [1.807, 2.05) is 12.1 Å². The summed E-state index contributed by atoms with van der Waals surface area (Å²) in [7, 11) is 0. The van der Waals surface area contributed by atoms with Crippen LogP contribution in [0, 0.1) is 12.3 Å². The molecule has 0 saturated heterocycles. The highest BCUT2D eigenvalue weighted by molar-refractivity contribution is 4.98. The van der Waals surface area contributed by atoms with Crippen LogP contribution in [0.25, 0.3) is 0 Å². The van der Waals surface area contributed by atoms with Gasteiger partial charge in [0.25, 0.3) is 0 Å². The van der Waals surface area contributed by atoms with Crippen LogP contribution in [0.4, 0.5) is 0 Å². The number of aliphatic hydroxyl groups is 1. The van der Waals surface area contributed by atoms with E-state index >= 15 is 0 Å². The Morgan fingerprint density at radius 2 is 2.38 bits per heavy atom. The maximum absolute atomic E-state index is 9.44. The van der Waals surface area contributed by atoms with Gasteiger partial charge in [-0.25, -0.2) is 0 Å². The molecule has 2 nitrogen and oxygen atoms in total. The molecule has 13 heavy (non-hydrogen) atoms. The molecule has 0 aliphatic carbocycles. The third-order valence-corrected chi connectivity index (χ3v) is 1.93. The Labute approximate surface area is 78.6 Å². The Morgan fingerprint density at radius 3 is 3.00 bits per heavy atom. The summed E-state index contributed by atoms with van der Waals surface area (Å²) in [6.07, 6.45) is 9.24. The number of hydrogen-bond donors (Lipinski definition) is 1. The van der Waals surface area contributed by atoms with Crippen molar-refractivity contribution >= 4 is 0 Å². The molecule has 0 amide bonds. The van der Waals surface area contributed by atoms with E-state index in [1.165, 1.54) is 0 Å². The van der Waals surface area contributed by atoms with Gasteiger partial charge in [0.2, 0.25) is 0 Å². The zero-order valence-electron chi connectivity index (χ0n) is 7.57. The van der Waals surface area contributed by atoms with Crippen molar-refractivity contribution in [3.63, 3.8) is 0 Å². The molecule has 0 aromatic carbocycles. The molecular formula is C11H14O2. The van der Waals surface area contributed by atoms with Gasteiger partial charge in [-0.15, -0.1) is 12.3 Å². The van der Waals surface area contributed by atoms with Gasteiger partial charge < -0.3 is 9.52 Å². The van der Waals surface area contributed by atoms with Crippen LogP contribution >= 0.6 is 0 Å². The molecule has 1 aromatic rings. The second-order valence-corrected chi connectivity index (χ2v) is 3.01. The van der Waals surface area contributed by atoms with Crippen LogP contribution in [0.3, 0.4) is 0 Å². The fourth-order valence-corrected chi connectivity index (χ4v) is 1.16. The molecule has 0 fully saturated rings. The predicted molar refractivity (Wildman–Crippen MR) is 51.1 cm³/mol. The molecular weight excluding hydrogens is 164 g/mol. The summed E-state index contributed by atoms with van der Waals surface area (Å²) in [6, 6.07) is 3.76. The Hall–Kier alpha value is -1.20. The number of hydrogen-bond acceptors (Lipinski definition) is 2. The second kappa shape index (κ2) is 5.45. The van der Waals surface area contributed by atoms with Crippen molar-refractivity contribution in [2.24, 2.45) is 0 Å². The van der Waals surface area contributed by atoms with Gasteiger partial charge in [0.1, 0.15) is 5.76 Å². The van der Waals surface area contributed by atoms with Gasteiger partial charge in [-0.3, -0.25) is 0 Å². The van der Waals surface area contributed by atoms with E-state index in [0.717, 1.165) is 18.6 Å². The van der Waals surface area contributed by atoms with E-state index in [-0.39, 0.29) is 6.10 Å². The number of aliphatic hydroxyl groups excluding tert-OH is 1. The highest BCUT2D eigenvalue weighted by atomic mass is 16.3. The largest absolute Gasteiger partial charge is 0.469 e. The summed E-state index contributed by atoms with van der Waals surface area (Å²) in [6.45, 7) is 0. The first kappa shape index (κ1) is 9.88. The number of terminal acetylenes is 1. The average Bonchev–Trinajstić information content (AvgIpc) is 2.64. The van der Waals surface area contributed by atoms with E-state index in [4.69, 9.17) is 10.8 Å². The van der Waals surface area contributed by atoms with Crippen molar-refractivity contribution in [2.75, 3.05) is 0 Å². The summed E-state index contributed by atoms with van der Waals surface area (Å²) >= 11 is 0. The molecule has 0 aliphatic rings. The first-order valence-electron chi connectivity index (χ1n) is 4.47. The van der Waals surface area contributed by atoms with Gasteiger partial charge in [0.15, 0.2) is 0 Å². The van der Waals surface area contributed by atoms with Crippen LogP contribution in [-0.2, 0) is 6.42 Å². The standard InChI is InChI=1S/C11H14O2/c1-2-3-5-10(12)7-8-11-6-4-9-13-11/h1,4,6,9-10,12H,3,5,7-8H2. The molecule has 0 bridgehead atoms. The van der Waals surface area contributed by atoms with Crippen molar-refractivity contribution in [2.45, 2.75) is 31.8 Å². The summed E-state index contributed by atoms with van der Waals surface area (Å²) < 4.78 is 5.14. The average molecular weight is 178 g/mol. The van der Waals surface area contributed by atoms with Crippen molar-refractivity contribution in [3.05, 3.63) is 24.2 Å². The lowest BCUT2D eigenvalue weighted by Crippen LogP contribution is -2.06. The maximum Gasteiger partial charge on any atom is 0.103 e. The first-order valence-corrected chi connectivity index (χ1v) is 4.47. The van der Waals surface area contributed by atoms with Crippen LogP contribution in [0.1, 0.15) is 25.0 Å². The van der Waals surface area contributed by atoms with E-state index in [0.29, 0.717) is 12.8 Å². The molecule has 70 valence electrons. The SMILES string of the molecule is C#CCCC(O)CCc1ccco1. The van der Waals surface area contributed by atoms with Crippen LogP contribution in [-0.4, -0.2) is 11.2 Å². The molecule has 0 radical (unpaired) electrons. The van der Waals surface area contributed by atoms with Crippen LogP contribution in [0.15, 0.2) is 22.8 Å². The van der Waals surface area contributed by atoms with Crippen molar-refractivity contribution in [1.29, 1.82) is 0 Å². The Bertz CT molecular complexity index is 256. The van der Waals surface area contributed by atoms with E-state index < -0.39 is 0 Å². The van der Waals surface area contributed by atoms with Crippen LogP contribution in [0.5, 0.6) is 0 Å². The van der Waals surface area contributed by atoms with Crippen molar-refractivity contribution in [3.8, 4) is 12.3 Å². The minimum absolute atomic E-state index is 0.304. The van der Waals surface area contributed by atoms with Gasteiger partial charge in [-0.1, -0.05) is 0 Å². The molecule has 2 heteroatoms. The first-order chi connectivity index (χ1) is 6.33. The fourth-order valence-electron chi connectivity index (χ4n) is 1.16. The summed E-state index contributed by atoms with van der Waals surface area (Å²) in [5, 5.41) is 9.44. The molecule has 1 aromatic heterocycles. The zero-order valence-corrected chi connectivity index (χ0v) is 7.57. The fraction of sp³-hybridized carbons (Fsp3) is 0.455. The minimum atomic E-state index is -0.304. The monoisotopic (exact) mass is 178 g/mol. The predicted octanol–water partition coefficient (Wildman–Crippen LogP) is 1.99. The quantitative estimate of drug-likeness (QED) is 0.699. The number of aryl methyl sites for hydroxylation is 1. The smallest absolute Gasteiger partial charge is 0.103 e. The normalized spacial score (nSPS) is 12.3. The van der Waals surface area contributed by atoms with Gasteiger partial charge in [-0.2, -0.15) is 0 Å². The van der Waals surface area contributed by atoms with E-state index in [9.17, 15) is 5.11 Å². The molecule has 1 heterocycles. The summed E-state index contributed by atoms with van der Waals surface area (Å²) in [4.78, 5) is 0. The lowest BCUT2D eigenvalue weighted by molar-refractivity contribution is 0.154. The minimum Gasteiger partial charge on any atom is -0.469 e. The lowest BCUT2D eigenvalue weighted by Gasteiger charge is -2.06. The van der Waals surface area contributed by atoms with Gasteiger partial charge in [-0.05, 0) is 25.0 Å². The number of rotatable bonds is 5. The molecule has 0 saturated carbocycles. The Morgan fingerprint density at radius 1 is 1.54 bits per heavy atom. The molecule has 0 spiro atoms. The molecule has 0 aliphatic heterocycles. The third-order valence-electron chi connectivity index (χ3n) is 1.93. The summed E-state index contributed by atoms with van der Waals surface area (Å²) in [5.74, 6) is 3.42. The van der Waals surface area contributed by atoms with Crippen LogP contribution < -0.4 is 0 Å². The Kier molecular flexibility index (Phi) is 4.14.